The second kappa shape index (κ2) is 5.96. The van der Waals surface area contributed by atoms with E-state index in [1.54, 1.807) is 18.5 Å². The molecule has 94 valence electrons. The summed E-state index contributed by atoms with van der Waals surface area (Å²) < 4.78 is 0. The van der Waals surface area contributed by atoms with Gasteiger partial charge in [-0.1, -0.05) is 35.9 Å². The molecule has 2 aromatic rings. The molecule has 2 atom stereocenters. The maximum absolute atomic E-state index is 10.4. The van der Waals surface area contributed by atoms with Crippen LogP contribution >= 0.6 is 11.6 Å². The first-order valence-corrected chi connectivity index (χ1v) is 6.14. The molecule has 0 amide bonds. The van der Waals surface area contributed by atoms with Crippen molar-refractivity contribution < 1.29 is 5.11 Å². The molecule has 3 N–H and O–H groups in total. The Hall–Kier alpha value is -1.42. The fraction of sp³-hybridized carbons (Fsp3) is 0.214. The lowest BCUT2D eigenvalue weighted by Gasteiger charge is -2.22. The van der Waals surface area contributed by atoms with Gasteiger partial charge >= 0.3 is 0 Å². The van der Waals surface area contributed by atoms with Gasteiger partial charge < -0.3 is 10.8 Å². The Morgan fingerprint density at radius 2 is 2.00 bits per heavy atom. The Morgan fingerprint density at radius 3 is 2.61 bits per heavy atom. The average Bonchev–Trinajstić information content (AvgIpc) is 2.41. The Morgan fingerprint density at radius 1 is 1.22 bits per heavy atom. The highest BCUT2D eigenvalue weighted by molar-refractivity contribution is 6.31. The molecular formula is C14H15ClN2O. The lowest BCUT2D eigenvalue weighted by molar-refractivity contribution is 0.147. The van der Waals surface area contributed by atoms with Gasteiger partial charge in [0.05, 0.1) is 6.10 Å². The SMILES string of the molecule is NCC(c1cccnc1)C(O)c1ccccc1Cl. The Balaban J connectivity index is 2.32. The molecule has 0 saturated heterocycles. The van der Waals surface area contributed by atoms with Crippen LogP contribution < -0.4 is 5.73 Å². The molecule has 4 heteroatoms. The van der Waals surface area contributed by atoms with Crippen molar-refractivity contribution in [3.05, 3.63) is 64.9 Å². The number of pyridine rings is 1. The fourth-order valence-electron chi connectivity index (χ4n) is 1.97. The van der Waals surface area contributed by atoms with Crippen molar-refractivity contribution >= 4 is 11.6 Å². The summed E-state index contributed by atoms with van der Waals surface area (Å²) in [5.41, 5.74) is 7.36. The highest BCUT2D eigenvalue weighted by Gasteiger charge is 2.23. The van der Waals surface area contributed by atoms with Crippen molar-refractivity contribution in [3.63, 3.8) is 0 Å². The normalized spacial score (nSPS) is 14.2. The molecular weight excluding hydrogens is 248 g/mol. The van der Waals surface area contributed by atoms with E-state index in [-0.39, 0.29) is 5.92 Å². The fourth-order valence-corrected chi connectivity index (χ4v) is 2.22. The van der Waals surface area contributed by atoms with Gasteiger partial charge in [-0.3, -0.25) is 4.98 Å². The maximum Gasteiger partial charge on any atom is 0.0885 e. The van der Waals surface area contributed by atoms with Gasteiger partial charge in [0.15, 0.2) is 0 Å². The van der Waals surface area contributed by atoms with Gasteiger partial charge in [0.2, 0.25) is 0 Å². The number of halogens is 1. The van der Waals surface area contributed by atoms with E-state index in [0.717, 1.165) is 5.56 Å². The first-order valence-electron chi connectivity index (χ1n) is 5.76. The third-order valence-electron chi connectivity index (χ3n) is 2.97. The molecule has 0 radical (unpaired) electrons. The van der Waals surface area contributed by atoms with Crippen LogP contribution in [0.4, 0.5) is 0 Å². The zero-order valence-corrected chi connectivity index (χ0v) is 10.6. The summed E-state index contributed by atoms with van der Waals surface area (Å²) in [5.74, 6) is -0.210. The second-order valence-electron chi connectivity index (χ2n) is 4.09. The van der Waals surface area contributed by atoms with Crippen LogP contribution in [0.2, 0.25) is 5.02 Å². The molecule has 18 heavy (non-hydrogen) atoms. The van der Waals surface area contributed by atoms with Crippen LogP contribution in [-0.2, 0) is 0 Å². The van der Waals surface area contributed by atoms with Crippen LogP contribution in [0.3, 0.4) is 0 Å². The number of aromatic nitrogens is 1. The van der Waals surface area contributed by atoms with Crippen molar-refractivity contribution in [2.24, 2.45) is 5.73 Å². The van der Waals surface area contributed by atoms with Gasteiger partial charge in [-0.05, 0) is 23.3 Å². The number of benzene rings is 1. The summed E-state index contributed by atoms with van der Waals surface area (Å²) in [4.78, 5) is 4.05. The van der Waals surface area contributed by atoms with Crippen LogP contribution in [-0.4, -0.2) is 16.6 Å². The highest BCUT2D eigenvalue weighted by Crippen LogP contribution is 2.33. The zero-order chi connectivity index (χ0) is 13.0. The van der Waals surface area contributed by atoms with E-state index in [1.807, 2.05) is 30.3 Å². The largest absolute Gasteiger partial charge is 0.388 e. The predicted octanol–water partition coefficient (Wildman–Crippen LogP) is 2.51. The first-order chi connectivity index (χ1) is 8.74. The summed E-state index contributed by atoms with van der Waals surface area (Å²) in [7, 11) is 0. The van der Waals surface area contributed by atoms with Crippen molar-refractivity contribution in [2.45, 2.75) is 12.0 Å². The molecule has 0 bridgehead atoms. The lowest BCUT2D eigenvalue weighted by Crippen LogP contribution is -2.20. The molecule has 2 rings (SSSR count). The number of nitrogens with zero attached hydrogens (tertiary/aromatic N) is 1. The van der Waals surface area contributed by atoms with Crippen molar-refractivity contribution in [1.29, 1.82) is 0 Å². The smallest absolute Gasteiger partial charge is 0.0885 e. The predicted molar refractivity (Wildman–Crippen MR) is 72.4 cm³/mol. The summed E-state index contributed by atoms with van der Waals surface area (Å²) in [5, 5.41) is 11.0. The number of rotatable bonds is 4. The Kier molecular flexibility index (Phi) is 4.31. The molecule has 0 fully saturated rings. The average molecular weight is 263 g/mol. The summed E-state index contributed by atoms with van der Waals surface area (Å²) in [6.07, 6.45) is 2.68. The van der Waals surface area contributed by atoms with Gasteiger partial charge in [-0.25, -0.2) is 0 Å². The second-order valence-corrected chi connectivity index (χ2v) is 4.50. The molecule has 0 aliphatic rings. The molecule has 0 aliphatic carbocycles. The van der Waals surface area contributed by atoms with Crippen molar-refractivity contribution in [3.8, 4) is 0 Å². The molecule has 3 nitrogen and oxygen atoms in total. The summed E-state index contributed by atoms with van der Waals surface area (Å²) in [6.45, 7) is 0.331. The van der Waals surface area contributed by atoms with E-state index in [0.29, 0.717) is 17.1 Å². The first kappa shape index (κ1) is 13.0. The monoisotopic (exact) mass is 262 g/mol. The number of hydrogen-bond acceptors (Lipinski definition) is 3. The summed E-state index contributed by atoms with van der Waals surface area (Å²) >= 11 is 6.09. The zero-order valence-electron chi connectivity index (χ0n) is 9.83. The quantitative estimate of drug-likeness (QED) is 0.890. The van der Waals surface area contributed by atoms with Gasteiger partial charge in [0.25, 0.3) is 0 Å². The number of nitrogens with two attached hydrogens (primary N) is 1. The molecule has 2 unspecified atom stereocenters. The number of aliphatic hydroxyl groups excluding tert-OH is 1. The Labute approximate surface area is 111 Å². The van der Waals surface area contributed by atoms with Gasteiger partial charge in [0.1, 0.15) is 0 Å². The van der Waals surface area contributed by atoms with Crippen LogP contribution in [0, 0.1) is 0 Å². The van der Waals surface area contributed by atoms with Crippen molar-refractivity contribution in [2.75, 3.05) is 6.54 Å². The third-order valence-corrected chi connectivity index (χ3v) is 3.32. The van der Waals surface area contributed by atoms with E-state index < -0.39 is 6.10 Å². The minimum Gasteiger partial charge on any atom is -0.388 e. The minimum absolute atomic E-state index is 0.210. The minimum atomic E-state index is -0.729. The van der Waals surface area contributed by atoms with E-state index in [1.165, 1.54) is 0 Å². The number of hydrogen-bond donors (Lipinski definition) is 2. The standard InChI is InChI=1S/C14H15ClN2O/c15-13-6-2-1-5-11(13)14(18)12(8-16)10-4-3-7-17-9-10/h1-7,9,12,14,18H,8,16H2. The Bertz CT molecular complexity index is 504. The van der Waals surface area contributed by atoms with Crippen LogP contribution in [0.1, 0.15) is 23.1 Å². The van der Waals surface area contributed by atoms with E-state index in [2.05, 4.69) is 4.98 Å². The van der Waals surface area contributed by atoms with E-state index in [4.69, 9.17) is 17.3 Å². The molecule has 0 aliphatic heterocycles. The highest BCUT2D eigenvalue weighted by atomic mass is 35.5. The van der Waals surface area contributed by atoms with Crippen molar-refractivity contribution in [1.82, 2.24) is 4.98 Å². The van der Waals surface area contributed by atoms with Crippen LogP contribution in [0.25, 0.3) is 0 Å². The maximum atomic E-state index is 10.4. The van der Waals surface area contributed by atoms with Gasteiger partial charge in [-0.2, -0.15) is 0 Å². The third kappa shape index (κ3) is 2.70. The number of aliphatic hydroxyl groups is 1. The molecule has 1 heterocycles. The lowest BCUT2D eigenvalue weighted by atomic mass is 9.90. The molecule has 1 aromatic carbocycles. The molecule has 1 aromatic heterocycles. The van der Waals surface area contributed by atoms with Crippen LogP contribution in [0.15, 0.2) is 48.8 Å². The molecule has 0 spiro atoms. The topological polar surface area (TPSA) is 59.1 Å². The van der Waals surface area contributed by atoms with Gasteiger partial charge in [-0.15, -0.1) is 0 Å². The molecule has 0 saturated carbocycles. The van der Waals surface area contributed by atoms with E-state index in [9.17, 15) is 5.11 Å². The van der Waals surface area contributed by atoms with Gasteiger partial charge in [0, 0.05) is 29.9 Å². The van der Waals surface area contributed by atoms with Crippen LogP contribution in [0.5, 0.6) is 0 Å². The summed E-state index contributed by atoms with van der Waals surface area (Å²) in [6, 6.07) is 11.0. The van der Waals surface area contributed by atoms with E-state index >= 15 is 0 Å².